The smallest absolute Gasteiger partial charge is 0.234 e. The van der Waals surface area contributed by atoms with Crippen molar-refractivity contribution in [3.63, 3.8) is 0 Å². The predicted molar refractivity (Wildman–Crippen MR) is 75.6 cm³/mol. The summed E-state index contributed by atoms with van der Waals surface area (Å²) in [5.41, 5.74) is 6.29. The predicted octanol–water partition coefficient (Wildman–Crippen LogP) is 1.51. The number of halogens is 1. The fourth-order valence-corrected chi connectivity index (χ4v) is 2.00. The van der Waals surface area contributed by atoms with Crippen LogP contribution in [0.2, 0.25) is 0 Å². The Morgan fingerprint density at radius 3 is 2.47 bits per heavy atom. The second-order valence-electron chi connectivity index (χ2n) is 4.36. The molecular weight excluding hydrogens is 245 g/mol. The zero-order chi connectivity index (χ0) is 14.3. The van der Waals surface area contributed by atoms with Crippen LogP contribution in [0.15, 0.2) is 24.3 Å². The molecule has 0 spiro atoms. The molecule has 1 rings (SSSR count). The fourth-order valence-electron chi connectivity index (χ4n) is 2.00. The van der Waals surface area contributed by atoms with Gasteiger partial charge in [0.2, 0.25) is 5.91 Å². The van der Waals surface area contributed by atoms with E-state index in [2.05, 4.69) is 10.2 Å². The van der Waals surface area contributed by atoms with Crippen molar-refractivity contribution in [2.24, 2.45) is 5.73 Å². The standard InChI is InChI=1S/C14H22FN3O/c1-3-17-13(14(16)19)9-10-18(4-2)12-7-5-11(15)6-8-12/h5-8,13,17H,3-4,9-10H2,1-2H3,(H2,16,19). The van der Waals surface area contributed by atoms with Crippen molar-refractivity contribution in [3.8, 4) is 0 Å². The summed E-state index contributed by atoms with van der Waals surface area (Å²) in [4.78, 5) is 13.4. The van der Waals surface area contributed by atoms with Gasteiger partial charge in [-0.1, -0.05) is 6.92 Å². The normalized spacial score (nSPS) is 12.2. The lowest BCUT2D eigenvalue weighted by molar-refractivity contribution is -0.120. The Balaban J connectivity index is 2.61. The molecule has 0 aliphatic rings. The minimum Gasteiger partial charge on any atom is -0.372 e. The van der Waals surface area contributed by atoms with Gasteiger partial charge in [0, 0.05) is 18.8 Å². The number of hydrogen-bond acceptors (Lipinski definition) is 3. The number of benzene rings is 1. The number of primary amides is 1. The molecule has 0 fully saturated rings. The number of hydrogen-bond donors (Lipinski definition) is 2. The molecule has 19 heavy (non-hydrogen) atoms. The monoisotopic (exact) mass is 267 g/mol. The number of nitrogens with zero attached hydrogens (tertiary/aromatic N) is 1. The van der Waals surface area contributed by atoms with E-state index in [1.54, 1.807) is 12.1 Å². The van der Waals surface area contributed by atoms with Crippen molar-refractivity contribution >= 4 is 11.6 Å². The zero-order valence-corrected chi connectivity index (χ0v) is 11.5. The molecule has 0 bridgehead atoms. The maximum atomic E-state index is 12.9. The molecule has 1 atom stereocenters. The van der Waals surface area contributed by atoms with Crippen LogP contribution in [0.3, 0.4) is 0 Å². The lowest BCUT2D eigenvalue weighted by Crippen LogP contribution is -2.43. The molecule has 0 saturated carbocycles. The molecule has 1 amide bonds. The maximum Gasteiger partial charge on any atom is 0.234 e. The summed E-state index contributed by atoms with van der Waals surface area (Å²) >= 11 is 0. The van der Waals surface area contributed by atoms with Crippen LogP contribution in [-0.4, -0.2) is 31.6 Å². The van der Waals surface area contributed by atoms with Crippen molar-refractivity contribution in [1.82, 2.24) is 5.32 Å². The van der Waals surface area contributed by atoms with Crippen LogP contribution in [0.1, 0.15) is 20.3 Å². The molecule has 0 heterocycles. The first-order chi connectivity index (χ1) is 9.08. The lowest BCUT2D eigenvalue weighted by Gasteiger charge is -2.25. The van der Waals surface area contributed by atoms with Gasteiger partial charge in [0.05, 0.1) is 6.04 Å². The summed E-state index contributed by atoms with van der Waals surface area (Å²) in [6.45, 7) is 6.16. The molecule has 106 valence electrons. The highest BCUT2D eigenvalue weighted by Crippen LogP contribution is 2.15. The average Bonchev–Trinajstić information content (AvgIpc) is 2.39. The van der Waals surface area contributed by atoms with E-state index in [0.717, 1.165) is 12.2 Å². The summed E-state index contributed by atoms with van der Waals surface area (Å²) in [5, 5.41) is 3.06. The Bertz CT molecular complexity index is 394. The van der Waals surface area contributed by atoms with Crippen molar-refractivity contribution in [2.75, 3.05) is 24.5 Å². The summed E-state index contributed by atoms with van der Waals surface area (Å²) in [5.74, 6) is -0.584. The second kappa shape index (κ2) is 7.74. The lowest BCUT2D eigenvalue weighted by atomic mass is 10.1. The van der Waals surface area contributed by atoms with Gasteiger partial charge >= 0.3 is 0 Å². The van der Waals surface area contributed by atoms with E-state index < -0.39 is 0 Å². The molecule has 1 aromatic rings. The van der Waals surface area contributed by atoms with Crippen LogP contribution in [-0.2, 0) is 4.79 Å². The molecule has 1 aromatic carbocycles. The molecule has 1 unspecified atom stereocenters. The topological polar surface area (TPSA) is 58.4 Å². The molecule has 4 nitrogen and oxygen atoms in total. The van der Waals surface area contributed by atoms with Gasteiger partial charge < -0.3 is 16.0 Å². The second-order valence-corrected chi connectivity index (χ2v) is 4.36. The van der Waals surface area contributed by atoms with Crippen molar-refractivity contribution in [1.29, 1.82) is 0 Å². The van der Waals surface area contributed by atoms with Gasteiger partial charge in [0.1, 0.15) is 5.82 Å². The Labute approximate surface area is 113 Å². The number of likely N-dealkylation sites (N-methyl/N-ethyl adjacent to an activating group) is 1. The van der Waals surface area contributed by atoms with Gasteiger partial charge in [-0.15, -0.1) is 0 Å². The fraction of sp³-hybridized carbons (Fsp3) is 0.500. The summed E-state index contributed by atoms with van der Waals surface area (Å²) < 4.78 is 12.9. The first kappa shape index (κ1) is 15.4. The average molecular weight is 267 g/mol. The van der Waals surface area contributed by atoms with Crippen molar-refractivity contribution in [2.45, 2.75) is 26.3 Å². The molecule has 0 aromatic heterocycles. The SMILES string of the molecule is CCNC(CCN(CC)c1ccc(F)cc1)C(N)=O. The summed E-state index contributed by atoms with van der Waals surface area (Å²) in [6, 6.07) is 6.04. The van der Waals surface area contributed by atoms with Gasteiger partial charge in [-0.25, -0.2) is 4.39 Å². The Kier molecular flexibility index (Phi) is 6.29. The number of carbonyl (C=O) groups excluding carboxylic acids is 1. The molecule has 0 aliphatic heterocycles. The van der Waals surface area contributed by atoms with E-state index in [0.29, 0.717) is 19.5 Å². The third-order valence-corrected chi connectivity index (χ3v) is 3.06. The van der Waals surface area contributed by atoms with E-state index in [1.807, 2.05) is 13.8 Å². The minimum atomic E-state index is -0.336. The van der Waals surface area contributed by atoms with Gasteiger partial charge in [-0.2, -0.15) is 0 Å². The third-order valence-electron chi connectivity index (χ3n) is 3.06. The molecular formula is C14H22FN3O. The minimum absolute atomic E-state index is 0.248. The van der Waals surface area contributed by atoms with Crippen LogP contribution in [0.4, 0.5) is 10.1 Å². The molecule has 0 aliphatic carbocycles. The van der Waals surface area contributed by atoms with Crippen molar-refractivity contribution < 1.29 is 9.18 Å². The highest BCUT2D eigenvalue weighted by Gasteiger charge is 2.15. The maximum absolute atomic E-state index is 12.9. The molecule has 3 N–H and O–H groups in total. The van der Waals surface area contributed by atoms with E-state index in [1.165, 1.54) is 12.1 Å². The van der Waals surface area contributed by atoms with Crippen molar-refractivity contribution in [3.05, 3.63) is 30.1 Å². The van der Waals surface area contributed by atoms with Crippen LogP contribution in [0.25, 0.3) is 0 Å². The quantitative estimate of drug-likeness (QED) is 0.750. The molecule has 0 radical (unpaired) electrons. The first-order valence-electron chi connectivity index (χ1n) is 6.61. The highest BCUT2D eigenvalue weighted by molar-refractivity contribution is 5.79. The van der Waals surface area contributed by atoms with E-state index in [9.17, 15) is 9.18 Å². The van der Waals surface area contributed by atoms with Crippen LogP contribution in [0.5, 0.6) is 0 Å². The number of amides is 1. The summed E-state index contributed by atoms with van der Waals surface area (Å²) in [7, 11) is 0. The Morgan fingerprint density at radius 1 is 1.37 bits per heavy atom. The first-order valence-corrected chi connectivity index (χ1v) is 6.61. The number of rotatable bonds is 8. The van der Waals surface area contributed by atoms with Crippen LogP contribution < -0.4 is 16.0 Å². The van der Waals surface area contributed by atoms with Gasteiger partial charge in [-0.05, 0) is 44.2 Å². The zero-order valence-electron chi connectivity index (χ0n) is 11.5. The van der Waals surface area contributed by atoms with E-state index in [-0.39, 0.29) is 17.8 Å². The highest BCUT2D eigenvalue weighted by atomic mass is 19.1. The van der Waals surface area contributed by atoms with Crippen LogP contribution >= 0.6 is 0 Å². The number of anilines is 1. The Hall–Kier alpha value is -1.62. The largest absolute Gasteiger partial charge is 0.372 e. The van der Waals surface area contributed by atoms with Gasteiger partial charge in [0.25, 0.3) is 0 Å². The van der Waals surface area contributed by atoms with E-state index >= 15 is 0 Å². The van der Waals surface area contributed by atoms with Gasteiger partial charge in [0.15, 0.2) is 0 Å². The molecule has 5 heteroatoms. The van der Waals surface area contributed by atoms with Crippen LogP contribution in [0, 0.1) is 5.82 Å². The third kappa shape index (κ3) is 4.87. The molecule has 0 saturated heterocycles. The number of carbonyl (C=O) groups is 1. The number of nitrogens with two attached hydrogens (primary N) is 1. The van der Waals surface area contributed by atoms with E-state index in [4.69, 9.17) is 5.73 Å². The summed E-state index contributed by atoms with van der Waals surface area (Å²) in [6.07, 6.45) is 0.633. The van der Waals surface area contributed by atoms with Gasteiger partial charge in [-0.3, -0.25) is 4.79 Å². The number of nitrogens with one attached hydrogen (secondary N) is 1. The Morgan fingerprint density at radius 2 is 2.00 bits per heavy atom.